The van der Waals surface area contributed by atoms with E-state index in [1.807, 2.05) is 0 Å². The van der Waals surface area contributed by atoms with Gasteiger partial charge in [0.2, 0.25) is 0 Å². The zero-order valence-corrected chi connectivity index (χ0v) is 7.98. The summed E-state index contributed by atoms with van der Waals surface area (Å²) in [5.74, 6) is 0. The molecule has 0 fully saturated rings. The van der Waals surface area contributed by atoms with Gasteiger partial charge in [-0.05, 0) is 34.5 Å². The molecule has 0 aliphatic rings. The van der Waals surface area contributed by atoms with Crippen LogP contribution in [0, 0.1) is 6.92 Å². The Hall–Kier alpha value is -0.480. The quantitative estimate of drug-likeness (QED) is 0.552. The number of aromatic nitrogens is 2. The van der Waals surface area contributed by atoms with E-state index >= 15 is 0 Å². The fourth-order valence-electron chi connectivity index (χ4n) is 0.632. The van der Waals surface area contributed by atoms with Crippen molar-refractivity contribution in [1.29, 1.82) is 0 Å². The second-order valence-electron chi connectivity index (χ2n) is 1.91. The smallest absolute Gasteiger partial charge is 0.255 e. The molecular weight excluding hydrogens is 231 g/mol. The van der Waals surface area contributed by atoms with E-state index in [0.717, 1.165) is 0 Å². The Kier molecular flexibility index (Phi) is 2.57. The van der Waals surface area contributed by atoms with Crippen LogP contribution in [0.5, 0.6) is 0 Å². The third kappa shape index (κ3) is 1.97. The molecule has 0 aliphatic carbocycles. The number of carbonyl (C=O) groups excluding carboxylic acids is 1. The lowest BCUT2D eigenvalue weighted by Crippen LogP contribution is -1.98. The minimum atomic E-state index is -0.532. The molecule has 1 aromatic rings. The minimum absolute atomic E-state index is 0.342. The van der Waals surface area contributed by atoms with Gasteiger partial charge in [0.1, 0.15) is 0 Å². The SMILES string of the molecule is Cc1nc(Br)ncc1C(=O)Cl. The van der Waals surface area contributed by atoms with E-state index in [2.05, 4.69) is 25.9 Å². The molecule has 5 heteroatoms. The monoisotopic (exact) mass is 234 g/mol. The van der Waals surface area contributed by atoms with Crippen LogP contribution < -0.4 is 0 Å². The molecule has 3 nitrogen and oxygen atoms in total. The standard InChI is InChI=1S/C6H4BrClN2O/c1-3-4(5(8)11)2-9-6(7)10-3/h2H,1H3. The molecule has 11 heavy (non-hydrogen) atoms. The second kappa shape index (κ2) is 3.28. The highest BCUT2D eigenvalue weighted by atomic mass is 79.9. The molecule has 1 heterocycles. The topological polar surface area (TPSA) is 42.9 Å². The fraction of sp³-hybridized carbons (Fsp3) is 0.167. The zero-order chi connectivity index (χ0) is 8.43. The number of nitrogens with zero attached hydrogens (tertiary/aromatic N) is 2. The fourth-order valence-corrected chi connectivity index (χ4v) is 1.19. The average Bonchev–Trinajstić information content (AvgIpc) is 1.85. The highest BCUT2D eigenvalue weighted by molar-refractivity contribution is 9.10. The van der Waals surface area contributed by atoms with Gasteiger partial charge >= 0.3 is 0 Å². The van der Waals surface area contributed by atoms with Crippen molar-refractivity contribution >= 4 is 32.8 Å². The van der Waals surface area contributed by atoms with E-state index in [1.165, 1.54) is 6.20 Å². The van der Waals surface area contributed by atoms with Crippen molar-refractivity contribution in [1.82, 2.24) is 9.97 Å². The van der Waals surface area contributed by atoms with Gasteiger partial charge in [0.25, 0.3) is 5.24 Å². The summed E-state index contributed by atoms with van der Waals surface area (Å²) in [6.45, 7) is 1.70. The van der Waals surface area contributed by atoms with Crippen LogP contribution in [0.1, 0.15) is 16.1 Å². The Balaban J connectivity index is 3.20. The molecule has 58 valence electrons. The Labute approximate surface area is 76.9 Å². The third-order valence-electron chi connectivity index (χ3n) is 1.16. The van der Waals surface area contributed by atoms with Crippen molar-refractivity contribution in [3.63, 3.8) is 0 Å². The van der Waals surface area contributed by atoms with Crippen LogP contribution in [0.25, 0.3) is 0 Å². The van der Waals surface area contributed by atoms with Crippen molar-refractivity contribution in [2.24, 2.45) is 0 Å². The van der Waals surface area contributed by atoms with Gasteiger partial charge in [-0.2, -0.15) is 0 Å². The number of carbonyl (C=O) groups is 1. The summed E-state index contributed by atoms with van der Waals surface area (Å²) in [7, 11) is 0. The molecule has 0 aliphatic heterocycles. The maximum atomic E-state index is 10.6. The molecule has 0 N–H and O–H groups in total. The largest absolute Gasteiger partial charge is 0.275 e. The second-order valence-corrected chi connectivity index (χ2v) is 2.96. The zero-order valence-electron chi connectivity index (χ0n) is 5.64. The predicted octanol–water partition coefficient (Wildman–Crippen LogP) is 1.93. The number of hydrogen-bond donors (Lipinski definition) is 0. The highest BCUT2D eigenvalue weighted by Crippen LogP contribution is 2.09. The van der Waals surface area contributed by atoms with E-state index in [9.17, 15) is 4.79 Å². The van der Waals surface area contributed by atoms with Gasteiger partial charge in [-0.25, -0.2) is 9.97 Å². The summed E-state index contributed by atoms with van der Waals surface area (Å²) in [6.07, 6.45) is 1.39. The van der Waals surface area contributed by atoms with Crippen molar-refractivity contribution in [2.75, 3.05) is 0 Å². The van der Waals surface area contributed by atoms with Crippen molar-refractivity contribution in [3.05, 3.63) is 22.2 Å². The van der Waals surface area contributed by atoms with Crippen LogP contribution in [-0.4, -0.2) is 15.2 Å². The Morgan fingerprint density at radius 2 is 2.36 bits per heavy atom. The van der Waals surface area contributed by atoms with E-state index in [0.29, 0.717) is 16.0 Å². The average molecular weight is 235 g/mol. The van der Waals surface area contributed by atoms with Crippen LogP contribution in [0.2, 0.25) is 0 Å². The van der Waals surface area contributed by atoms with Gasteiger partial charge in [-0.3, -0.25) is 4.79 Å². The molecule has 0 saturated heterocycles. The molecular formula is C6H4BrClN2O. The van der Waals surface area contributed by atoms with E-state index in [4.69, 9.17) is 11.6 Å². The first-order valence-electron chi connectivity index (χ1n) is 2.80. The van der Waals surface area contributed by atoms with E-state index in [-0.39, 0.29) is 0 Å². The summed E-state index contributed by atoms with van der Waals surface area (Å²) in [5, 5.41) is -0.532. The summed E-state index contributed by atoms with van der Waals surface area (Å²) in [4.78, 5) is 18.3. The molecule has 0 bridgehead atoms. The first kappa shape index (κ1) is 8.62. The molecule has 0 unspecified atom stereocenters. The van der Waals surface area contributed by atoms with E-state index in [1.54, 1.807) is 6.92 Å². The molecule has 0 spiro atoms. The van der Waals surface area contributed by atoms with Crippen LogP contribution in [-0.2, 0) is 0 Å². The van der Waals surface area contributed by atoms with Crippen molar-refractivity contribution in [3.8, 4) is 0 Å². The molecule has 0 radical (unpaired) electrons. The van der Waals surface area contributed by atoms with Gasteiger partial charge in [0.15, 0.2) is 4.73 Å². The maximum absolute atomic E-state index is 10.6. The summed E-state index contributed by atoms with van der Waals surface area (Å²) in [5.41, 5.74) is 0.918. The van der Waals surface area contributed by atoms with Crippen molar-refractivity contribution in [2.45, 2.75) is 6.92 Å². The third-order valence-corrected chi connectivity index (χ3v) is 1.75. The summed E-state index contributed by atoms with van der Waals surface area (Å²) < 4.78 is 0.455. The van der Waals surface area contributed by atoms with Gasteiger partial charge in [-0.15, -0.1) is 0 Å². The Bertz CT molecular complexity index is 303. The predicted molar refractivity (Wildman–Crippen MR) is 44.7 cm³/mol. The number of rotatable bonds is 1. The molecule has 0 aromatic carbocycles. The lowest BCUT2D eigenvalue weighted by Gasteiger charge is -1.97. The lowest BCUT2D eigenvalue weighted by molar-refractivity contribution is 0.108. The number of aryl methyl sites for hydroxylation is 1. The molecule has 0 saturated carbocycles. The van der Waals surface area contributed by atoms with Gasteiger partial charge in [0.05, 0.1) is 11.3 Å². The molecule has 0 amide bonds. The minimum Gasteiger partial charge on any atom is -0.275 e. The molecule has 1 aromatic heterocycles. The number of hydrogen-bond acceptors (Lipinski definition) is 3. The number of halogens is 2. The molecule has 1 rings (SSSR count). The highest BCUT2D eigenvalue weighted by Gasteiger charge is 2.07. The van der Waals surface area contributed by atoms with E-state index < -0.39 is 5.24 Å². The Morgan fingerprint density at radius 3 is 2.82 bits per heavy atom. The normalized spacial score (nSPS) is 9.73. The van der Waals surface area contributed by atoms with Crippen LogP contribution in [0.3, 0.4) is 0 Å². The molecule has 0 atom stereocenters. The summed E-state index contributed by atoms with van der Waals surface area (Å²) in [6, 6.07) is 0. The maximum Gasteiger partial charge on any atom is 0.255 e. The summed E-state index contributed by atoms with van der Waals surface area (Å²) >= 11 is 8.30. The van der Waals surface area contributed by atoms with Crippen LogP contribution in [0.15, 0.2) is 10.9 Å². The van der Waals surface area contributed by atoms with Crippen molar-refractivity contribution < 1.29 is 4.79 Å². The first-order chi connectivity index (χ1) is 5.11. The lowest BCUT2D eigenvalue weighted by atomic mass is 10.3. The van der Waals surface area contributed by atoms with Gasteiger partial charge < -0.3 is 0 Å². The van der Waals surface area contributed by atoms with Gasteiger partial charge in [0, 0.05) is 6.20 Å². The first-order valence-corrected chi connectivity index (χ1v) is 3.97. The van der Waals surface area contributed by atoms with Gasteiger partial charge in [-0.1, -0.05) is 0 Å². The Morgan fingerprint density at radius 1 is 1.73 bits per heavy atom. The van der Waals surface area contributed by atoms with Crippen LogP contribution >= 0.6 is 27.5 Å². The van der Waals surface area contributed by atoms with Crippen LogP contribution in [0.4, 0.5) is 0 Å².